The van der Waals surface area contributed by atoms with Crippen molar-refractivity contribution in [1.82, 2.24) is 0 Å². The Hall–Kier alpha value is -0.680. The Morgan fingerprint density at radius 2 is 2.19 bits per heavy atom. The first-order valence-corrected chi connectivity index (χ1v) is 7.99. The maximum atomic E-state index is 11.6. The molecule has 1 aromatic carbocycles. The molecule has 16 heavy (non-hydrogen) atoms. The first-order valence-electron chi connectivity index (χ1n) is 5.22. The van der Waals surface area contributed by atoms with E-state index < -0.39 is 9.84 Å². The molecule has 3 nitrogen and oxygen atoms in total. The molecular formula is C11H15NO2S2. The molecule has 0 aromatic heterocycles. The van der Waals surface area contributed by atoms with Crippen molar-refractivity contribution < 1.29 is 8.42 Å². The molecule has 0 amide bonds. The number of benzene rings is 1. The highest BCUT2D eigenvalue weighted by atomic mass is 32.2. The molecule has 0 fully saturated rings. The van der Waals surface area contributed by atoms with Gasteiger partial charge >= 0.3 is 0 Å². The van der Waals surface area contributed by atoms with Crippen LogP contribution in [0.2, 0.25) is 0 Å². The summed E-state index contributed by atoms with van der Waals surface area (Å²) in [5.74, 6) is 0. The lowest BCUT2D eigenvalue weighted by Gasteiger charge is -2.11. The van der Waals surface area contributed by atoms with Gasteiger partial charge in [0.05, 0.1) is 10.6 Å². The second-order valence-electron chi connectivity index (χ2n) is 4.05. The molecule has 1 aliphatic heterocycles. The van der Waals surface area contributed by atoms with E-state index in [9.17, 15) is 8.42 Å². The maximum Gasteiger partial charge on any atom is 0.177 e. The van der Waals surface area contributed by atoms with Crippen molar-refractivity contribution in [2.45, 2.75) is 28.4 Å². The Kier molecular flexibility index (Phi) is 3.17. The van der Waals surface area contributed by atoms with E-state index in [0.717, 1.165) is 23.5 Å². The maximum absolute atomic E-state index is 11.6. The summed E-state index contributed by atoms with van der Waals surface area (Å²) in [7, 11) is -3.15. The number of rotatable bonds is 1. The van der Waals surface area contributed by atoms with Gasteiger partial charge in [0, 0.05) is 22.9 Å². The van der Waals surface area contributed by atoms with Crippen LogP contribution in [0, 0.1) is 0 Å². The monoisotopic (exact) mass is 257 g/mol. The van der Waals surface area contributed by atoms with Crippen LogP contribution in [0.25, 0.3) is 0 Å². The summed E-state index contributed by atoms with van der Waals surface area (Å²) >= 11 is 1.74. The fraction of sp³-hybridized carbons (Fsp3) is 0.455. The highest BCUT2D eigenvalue weighted by Crippen LogP contribution is 2.38. The van der Waals surface area contributed by atoms with Crippen LogP contribution in [0.3, 0.4) is 0 Å². The molecule has 0 spiro atoms. The highest BCUT2D eigenvalue weighted by molar-refractivity contribution is 8.00. The number of fused-ring (bicyclic) bond motifs is 1. The molecule has 1 aliphatic rings. The summed E-state index contributed by atoms with van der Waals surface area (Å²) in [6, 6.07) is 5.45. The number of para-hydroxylation sites is 1. The Labute approximate surface area is 101 Å². The van der Waals surface area contributed by atoms with Crippen LogP contribution in [0.1, 0.15) is 13.3 Å². The van der Waals surface area contributed by atoms with Crippen molar-refractivity contribution in [3.8, 4) is 0 Å². The molecule has 0 bridgehead atoms. The van der Waals surface area contributed by atoms with E-state index in [4.69, 9.17) is 0 Å². The van der Waals surface area contributed by atoms with E-state index in [0.29, 0.717) is 10.1 Å². The quantitative estimate of drug-likeness (QED) is 0.839. The van der Waals surface area contributed by atoms with E-state index in [1.165, 1.54) is 6.26 Å². The van der Waals surface area contributed by atoms with E-state index >= 15 is 0 Å². The molecule has 5 heteroatoms. The Balaban J connectivity index is 2.55. The predicted octanol–water partition coefficient (Wildman–Crippen LogP) is 2.39. The van der Waals surface area contributed by atoms with Gasteiger partial charge in [0.2, 0.25) is 0 Å². The molecule has 1 aromatic rings. The molecule has 0 saturated heterocycles. The van der Waals surface area contributed by atoms with Crippen LogP contribution >= 0.6 is 11.8 Å². The average molecular weight is 257 g/mol. The summed E-state index contributed by atoms with van der Waals surface area (Å²) in [4.78, 5) is 1.44. The molecule has 1 N–H and O–H groups in total. The van der Waals surface area contributed by atoms with Gasteiger partial charge in [0.15, 0.2) is 9.84 Å². The molecular weight excluding hydrogens is 242 g/mol. The number of nitrogens with one attached hydrogen (secondary N) is 1. The number of hydrogen-bond donors (Lipinski definition) is 1. The minimum Gasteiger partial charge on any atom is -0.383 e. The molecule has 88 valence electrons. The second kappa shape index (κ2) is 4.30. The zero-order chi connectivity index (χ0) is 11.8. The number of hydrogen-bond acceptors (Lipinski definition) is 4. The third-order valence-electron chi connectivity index (χ3n) is 2.57. The summed E-state index contributed by atoms with van der Waals surface area (Å²) in [6.45, 7) is 2.99. The Bertz CT molecular complexity index is 497. The lowest BCUT2D eigenvalue weighted by atomic mass is 10.3. The number of anilines is 1. The van der Waals surface area contributed by atoms with Gasteiger partial charge in [0.25, 0.3) is 0 Å². The summed E-state index contributed by atoms with van der Waals surface area (Å²) in [5, 5.41) is 3.75. The first-order chi connectivity index (χ1) is 7.48. The van der Waals surface area contributed by atoms with Crippen LogP contribution in [0.5, 0.6) is 0 Å². The first kappa shape index (κ1) is 11.8. The topological polar surface area (TPSA) is 46.2 Å². The van der Waals surface area contributed by atoms with Gasteiger partial charge in [-0.15, -0.1) is 11.8 Å². The van der Waals surface area contributed by atoms with Gasteiger partial charge in [-0.25, -0.2) is 8.42 Å². The lowest BCUT2D eigenvalue weighted by molar-refractivity contribution is 0.602. The Morgan fingerprint density at radius 3 is 2.88 bits per heavy atom. The number of thioether (sulfide) groups is 1. The normalized spacial score (nSPS) is 20.8. The summed E-state index contributed by atoms with van der Waals surface area (Å²) in [5.41, 5.74) is 0.777. The molecule has 1 unspecified atom stereocenters. The van der Waals surface area contributed by atoms with Gasteiger partial charge in [-0.2, -0.15) is 0 Å². The van der Waals surface area contributed by atoms with Crippen molar-refractivity contribution in [3.05, 3.63) is 18.2 Å². The summed E-state index contributed by atoms with van der Waals surface area (Å²) < 4.78 is 23.3. The third kappa shape index (κ3) is 2.35. The molecule has 0 saturated carbocycles. The third-order valence-corrected chi connectivity index (χ3v) is 4.94. The summed E-state index contributed by atoms with van der Waals surface area (Å²) in [6.07, 6.45) is 2.30. The molecule has 0 radical (unpaired) electrons. The standard InChI is InChI=1S/C11H15NO2S2/c1-8-6-7-12-11-9(15-8)4-3-5-10(11)16(2,13)14/h3-5,8,12H,6-7H2,1-2H3. The second-order valence-corrected chi connectivity index (χ2v) is 7.51. The SMILES string of the molecule is CC1CCNc2c(cccc2S(C)(=O)=O)S1. The van der Waals surface area contributed by atoms with Gasteiger partial charge in [-0.05, 0) is 18.6 Å². The van der Waals surface area contributed by atoms with Crippen molar-refractivity contribution in [2.24, 2.45) is 0 Å². The largest absolute Gasteiger partial charge is 0.383 e. The molecule has 0 aliphatic carbocycles. The zero-order valence-electron chi connectivity index (χ0n) is 9.36. The molecule has 1 heterocycles. The zero-order valence-corrected chi connectivity index (χ0v) is 11.0. The lowest BCUT2D eigenvalue weighted by Crippen LogP contribution is -2.07. The van der Waals surface area contributed by atoms with Gasteiger partial charge < -0.3 is 5.32 Å². The van der Waals surface area contributed by atoms with E-state index in [1.54, 1.807) is 17.8 Å². The van der Waals surface area contributed by atoms with Crippen LogP contribution in [-0.4, -0.2) is 26.5 Å². The van der Waals surface area contributed by atoms with Crippen molar-refractivity contribution >= 4 is 27.3 Å². The van der Waals surface area contributed by atoms with Gasteiger partial charge in [-0.1, -0.05) is 13.0 Å². The van der Waals surface area contributed by atoms with Crippen LogP contribution in [-0.2, 0) is 9.84 Å². The average Bonchev–Trinajstić information content (AvgIpc) is 2.35. The fourth-order valence-corrected chi connectivity index (χ4v) is 3.84. The highest BCUT2D eigenvalue weighted by Gasteiger charge is 2.20. The fourth-order valence-electron chi connectivity index (χ4n) is 1.77. The van der Waals surface area contributed by atoms with Gasteiger partial charge in [-0.3, -0.25) is 0 Å². The van der Waals surface area contributed by atoms with E-state index in [-0.39, 0.29) is 0 Å². The minimum atomic E-state index is -3.15. The predicted molar refractivity (Wildman–Crippen MR) is 68.0 cm³/mol. The van der Waals surface area contributed by atoms with Crippen molar-refractivity contribution in [1.29, 1.82) is 0 Å². The van der Waals surface area contributed by atoms with Crippen molar-refractivity contribution in [3.63, 3.8) is 0 Å². The number of sulfone groups is 1. The molecule has 1 atom stereocenters. The Morgan fingerprint density at radius 1 is 1.44 bits per heavy atom. The van der Waals surface area contributed by atoms with Gasteiger partial charge in [0.1, 0.15) is 0 Å². The van der Waals surface area contributed by atoms with Crippen LogP contribution < -0.4 is 5.32 Å². The van der Waals surface area contributed by atoms with E-state index in [2.05, 4.69) is 12.2 Å². The van der Waals surface area contributed by atoms with Crippen LogP contribution in [0.15, 0.2) is 28.0 Å². The smallest absolute Gasteiger partial charge is 0.177 e. The minimum absolute atomic E-state index is 0.409. The molecule has 2 rings (SSSR count). The van der Waals surface area contributed by atoms with E-state index in [1.807, 2.05) is 12.1 Å². The van der Waals surface area contributed by atoms with Crippen LogP contribution in [0.4, 0.5) is 5.69 Å². The van der Waals surface area contributed by atoms with Crippen molar-refractivity contribution in [2.75, 3.05) is 18.1 Å².